The van der Waals surface area contributed by atoms with Crippen LogP contribution in [0.3, 0.4) is 0 Å². The summed E-state index contributed by atoms with van der Waals surface area (Å²) in [7, 11) is 0. The molecular formula is C14H14N2O. The van der Waals surface area contributed by atoms with Crippen LogP contribution < -0.4 is 5.32 Å². The van der Waals surface area contributed by atoms with Crippen molar-refractivity contribution in [2.45, 2.75) is 6.42 Å². The van der Waals surface area contributed by atoms with Crippen LogP contribution in [-0.4, -0.2) is 17.4 Å². The first-order valence-corrected chi connectivity index (χ1v) is 5.54. The molecule has 2 aromatic rings. The van der Waals surface area contributed by atoms with E-state index in [0.29, 0.717) is 6.54 Å². The van der Waals surface area contributed by atoms with E-state index in [0.717, 1.165) is 17.3 Å². The van der Waals surface area contributed by atoms with Crippen LogP contribution in [0.15, 0.2) is 49.2 Å². The Bertz CT molecular complexity index is 543. The van der Waals surface area contributed by atoms with Gasteiger partial charge in [-0.3, -0.25) is 9.78 Å². The molecule has 3 nitrogen and oxygen atoms in total. The Morgan fingerprint density at radius 3 is 3.00 bits per heavy atom. The molecule has 0 saturated heterocycles. The molecule has 1 N–H and O–H groups in total. The molecule has 1 aromatic heterocycles. The fourth-order valence-electron chi connectivity index (χ4n) is 1.77. The lowest BCUT2D eigenvalue weighted by Crippen LogP contribution is -2.23. The van der Waals surface area contributed by atoms with Crippen LogP contribution in [0.2, 0.25) is 0 Å². The standard InChI is InChI=1S/C14H14N2O/c1-2-14(17)16-10-8-11-7-9-15-13-6-4-3-5-12(11)13/h2-7,9H,1,8,10H2,(H,16,17). The molecule has 0 aliphatic rings. The average molecular weight is 226 g/mol. The Kier molecular flexibility index (Phi) is 3.50. The summed E-state index contributed by atoms with van der Waals surface area (Å²) in [6.45, 7) is 4.02. The smallest absolute Gasteiger partial charge is 0.243 e. The van der Waals surface area contributed by atoms with Gasteiger partial charge in [0.15, 0.2) is 0 Å². The normalized spacial score (nSPS) is 10.1. The molecule has 1 heterocycles. The molecule has 0 radical (unpaired) electrons. The number of amides is 1. The van der Waals surface area contributed by atoms with Crippen molar-refractivity contribution in [1.82, 2.24) is 10.3 Å². The minimum Gasteiger partial charge on any atom is -0.352 e. The molecule has 0 atom stereocenters. The minimum absolute atomic E-state index is 0.136. The summed E-state index contributed by atoms with van der Waals surface area (Å²) in [5.41, 5.74) is 2.18. The van der Waals surface area contributed by atoms with Crippen LogP contribution in [0.5, 0.6) is 0 Å². The van der Waals surface area contributed by atoms with E-state index in [-0.39, 0.29) is 5.91 Å². The Balaban J connectivity index is 2.13. The molecule has 0 bridgehead atoms. The number of carbonyl (C=O) groups excluding carboxylic acids is 1. The zero-order chi connectivity index (χ0) is 12.1. The van der Waals surface area contributed by atoms with Crippen LogP contribution >= 0.6 is 0 Å². The highest BCUT2D eigenvalue weighted by Gasteiger charge is 2.01. The molecule has 0 saturated carbocycles. The van der Waals surface area contributed by atoms with E-state index in [1.807, 2.05) is 30.3 Å². The van der Waals surface area contributed by atoms with Gasteiger partial charge < -0.3 is 5.32 Å². The van der Waals surface area contributed by atoms with E-state index in [2.05, 4.69) is 16.9 Å². The molecule has 0 fully saturated rings. The quantitative estimate of drug-likeness (QED) is 0.811. The first-order chi connectivity index (χ1) is 8.31. The maximum absolute atomic E-state index is 11.0. The Labute approximate surface area is 100 Å². The van der Waals surface area contributed by atoms with Crippen molar-refractivity contribution in [3.8, 4) is 0 Å². The number of nitrogens with zero attached hydrogens (tertiary/aromatic N) is 1. The van der Waals surface area contributed by atoms with Crippen molar-refractivity contribution < 1.29 is 4.79 Å². The molecule has 0 spiro atoms. The largest absolute Gasteiger partial charge is 0.352 e. The van der Waals surface area contributed by atoms with Gasteiger partial charge in [-0.15, -0.1) is 0 Å². The second-order valence-electron chi connectivity index (χ2n) is 3.73. The van der Waals surface area contributed by atoms with Crippen LogP contribution in [-0.2, 0) is 11.2 Å². The van der Waals surface area contributed by atoms with E-state index in [4.69, 9.17) is 0 Å². The fraction of sp³-hybridized carbons (Fsp3) is 0.143. The van der Waals surface area contributed by atoms with Crippen molar-refractivity contribution in [1.29, 1.82) is 0 Å². The maximum Gasteiger partial charge on any atom is 0.243 e. The number of hydrogen-bond donors (Lipinski definition) is 1. The van der Waals surface area contributed by atoms with E-state index in [1.54, 1.807) is 6.20 Å². The minimum atomic E-state index is -0.136. The van der Waals surface area contributed by atoms with Gasteiger partial charge in [-0.2, -0.15) is 0 Å². The SMILES string of the molecule is C=CC(=O)NCCc1ccnc2ccccc12. The van der Waals surface area contributed by atoms with Crippen molar-refractivity contribution in [3.63, 3.8) is 0 Å². The molecule has 2 rings (SSSR count). The molecule has 3 heteroatoms. The predicted molar refractivity (Wildman–Crippen MR) is 68.7 cm³/mol. The van der Waals surface area contributed by atoms with Crippen LogP contribution in [0, 0.1) is 0 Å². The lowest BCUT2D eigenvalue weighted by molar-refractivity contribution is -0.116. The summed E-state index contributed by atoms with van der Waals surface area (Å²) in [6, 6.07) is 9.99. The van der Waals surface area contributed by atoms with Crippen LogP contribution in [0.1, 0.15) is 5.56 Å². The number of hydrogen-bond acceptors (Lipinski definition) is 2. The molecular weight excluding hydrogens is 212 g/mol. The third kappa shape index (κ3) is 2.69. The highest BCUT2D eigenvalue weighted by atomic mass is 16.1. The molecule has 17 heavy (non-hydrogen) atoms. The van der Waals surface area contributed by atoms with Gasteiger partial charge in [0.2, 0.25) is 5.91 Å². The molecule has 86 valence electrons. The van der Waals surface area contributed by atoms with Crippen molar-refractivity contribution >= 4 is 16.8 Å². The highest BCUT2D eigenvalue weighted by molar-refractivity contribution is 5.87. The molecule has 0 aliphatic carbocycles. The molecule has 1 aromatic carbocycles. The van der Waals surface area contributed by atoms with Gasteiger partial charge in [0.05, 0.1) is 5.52 Å². The van der Waals surface area contributed by atoms with Gasteiger partial charge in [-0.05, 0) is 30.2 Å². The first-order valence-electron chi connectivity index (χ1n) is 5.54. The lowest BCUT2D eigenvalue weighted by atomic mass is 10.1. The zero-order valence-electron chi connectivity index (χ0n) is 9.52. The summed E-state index contributed by atoms with van der Waals surface area (Å²) in [4.78, 5) is 15.3. The number of carbonyl (C=O) groups is 1. The predicted octanol–water partition coefficient (Wildman–Crippen LogP) is 2.08. The summed E-state index contributed by atoms with van der Waals surface area (Å²) in [5.74, 6) is -0.136. The average Bonchev–Trinajstić information content (AvgIpc) is 2.39. The van der Waals surface area contributed by atoms with Gasteiger partial charge in [-0.1, -0.05) is 24.8 Å². The number of rotatable bonds is 4. The first kappa shape index (κ1) is 11.3. The van der Waals surface area contributed by atoms with Gasteiger partial charge in [0.1, 0.15) is 0 Å². The molecule has 0 aliphatic heterocycles. The number of fused-ring (bicyclic) bond motifs is 1. The summed E-state index contributed by atoms with van der Waals surface area (Å²) in [6.07, 6.45) is 3.88. The Hall–Kier alpha value is -2.16. The van der Waals surface area contributed by atoms with E-state index in [1.165, 1.54) is 11.6 Å². The summed E-state index contributed by atoms with van der Waals surface area (Å²) >= 11 is 0. The summed E-state index contributed by atoms with van der Waals surface area (Å²) in [5, 5.41) is 3.91. The lowest BCUT2D eigenvalue weighted by Gasteiger charge is -2.06. The van der Waals surface area contributed by atoms with E-state index >= 15 is 0 Å². The zero-order valence-corrected chi connectivity index (χ0v) is 9.52. The maximum atomic E-state index is 11.0. The van der Waals surface area contributed by atoms with Gasteiger partial charge >= 0.3 is 0 Å². The Morgan fingerprint density at radius 2 is 2.18 bits per heavy atom. The van der Waals surface area contributed by atoms with Crippen molar-refractivity contribution in [2.75, 3.05) is 6.54 Å². The number of aromatic nitrogens is 1. The van der Waals surface area contributed by atoms with Crippen molar-refractivity contribution in [2.24, 2.45) is 0 Å². The molecule has 1 amide bonds. The van der Waals surface area contributed by atoms with E-state index in [9.17, 15) is 4.79 Å². The topological polar surface area (TPSA) is 42.0 Å². The fourth-order valence-corrected chi connectivity index (χ4v) is 1.77. The number of para-hydroxylation sites is 1. The number of benzene rings is 1. The third-order valence-electron chi connectivity index (χ3n) is 2.62. The van der Waals surface area contributed by atoms with Gasteiger partial charge in [-0.25, -0.2) is 0 Å². The van der Waals surface area contributed by atoms with Gasteiger partial charge in [0, 0.05) is 18.1 Å². The second-order valence-corrected chi connectivity index (χ2v) is 3.73. The van der Waals surface area contributed by atoms with Crippen molar-refractivity contribution in [3.05, 3.63) is 54.7 Å². The van der Waals surface area contributed by atoms with E-state index < -0.39 is 0 Å². The monoisotopic (exact) mass is 226 g/mol. The second kappa shape index (κ2) is 5.25. The third-order valence-corrected chi connectivity index (χ3v) is 2.62. The number of pyridine rings is 1. The highest BCUT2D eigenvalue weighted by Crippen LogP contribution is 2.16. The Morgan fingerprint density at radius 1 is 1.35 bits per heavy atom. The van der Waals surface area contributed by atoms with Crippen LogP contribution in [0.4, 0.5) is 0 Å². The van der Waals surface area contributed by atoms with Crippen LogP contribution in [0.25, 0.3) is 10.9 Å². The van der Waals surface area contributed by atoms with Gasteiger partial charge in [0.25, 0.3) is 0 Å². The molecule has 0 unspecified atom stereocenters. The summed E-state index contributed by atoms with van der Waals surface area (Å²) < 4.78 is 0. The number of nitrogens with one attached hydrogen (secondary N) is 1.